The number of halogens is 1. The van der Waals surface area contributed by atoms with Crippen molar-refractivity contribution in [2.24, 2.45) is 0 Å². The molecule has 0 aliphatic heterocycles. The lowest BCUT2D eigenvalue weighted by molar-refractivity contribution is 0.111. The first-order valence-electron chi connectivity index (χ1n) is 13.1. The molecule has 0 spiro atoms. The zero-order chi connectivity index (χ0) is 24.3. The van der Waals surface area contributed by atoms with E-state index in [1.807, 2.05) is 24.3 Å². The fourth-order valence-corrected chi connectivity index (χ4v) is 4.75. The van der Waals surface area contributed by atoms with E-state index >= 15 is 0 Å². The summed E-state index contributed by atoms with van der Waals surface area (Å²) >= 11 is 6.12. The molecule has 1 aromatic heterocycles. The van der Waals surface area contributed by atoms with Gasteiger partial charge in [-0.3, -0.25) is 0 Å². The number of nitrogens with zero attached hydrogens (tertiary/aromatic N) is 2. The molecule has 0 saturated carbocycles. The smallest absolute Gasteiger partial charge is 0.0924 e. The Morgan fingerprint density at radius 2 is 1.53 bits per heavy atom. The Morgan fingerprint density at radius 3 is 2.15 bits per heavy atom. The maximum absolute atomic E-state index is 11.5. The lowest BCUT2D eigenvalue weighted by Crippen LogP contribution is -2.31. The maximum Gasteiger partial charge on any atom is 0.0924 e. The quantitative estimate of drug-likeness (QED) is 0.235. The van der Waals surface area contributed by atoms with Gasteiger partial charge in [-0.2, -0.15) is 0 Å². The summed E-state index contributed by atoms with van der Waals surface area (Å²) in [5.74, 6) is 0. The van der Waals surface area contributed by atoms with Gasteiger partial charge in [0.05, 0.1) is 17.3 Å². The highest BCUT2D eigenvalue weighted by Crippen LogP contribution is 2.31. The molecule has 4 heteroatoms. The van der Waals surface area contributed by atoms with E-state index in [0.717, 1.165) is 46.4 Å². The van der Waals surface area contributed by atoms with Crippen LogP contribution in [0.3, 0.4) is 0 Å². The Kier molecular flexibility index (Phi) is 10.8. The number of fused-ring (bicyclic) bond motifs is 1. The summed E-state index contributed by atoms with van der Waals surface area (Å²) in [5, 5.41) is 13.3. The predicted molar refractivity (Wildman–Crippen MR) is 147 cm³/mol. The van der Waals surface area contributed by atoms with Gasteiger partial charge in [0.15, 0.2) is 0 Å². The summed E-state index contributed by atoms with van der Waals surface area (Å²) in [6, 6.07) is 16.1. The summed E-state index contributed by atoms with van der Waals surface area (Å²) in [6.45, 7) is 9.35. The molecule has 34 heavy (non-hydrogen) atoms. The lowest BCUT2D eigenvalue weighted by Gasteiger charge is -2.26. The Labute approximate surface area is 211 Å². The highest BCUT2D eigenvalue weighted by molar-refractivity contribution is 6.30. The molecule has 3 nitrogen and oxygen atoms in total. The number of unbranched alkanes of at least 4 members (excludes halogenated alkanes) is 6. The van der Waals surface area contributed by atoms with Crippen molar-refractivity contribution in [1.29, 1.82) is 0 Å². The van der Waals surface area contributed by atoms with Crippen molar-refractivity contribution in [3.63, 3.8) is 0 Å². The van der Waals surface area contributed by atoms with Crippen LogP contribution in [0.4, 0.5) is 0 Å². The van der Waals surface area contributed by atoms with Crippen molar-refractivity contribution >= 4 is 22.5 Å². The molecule has 0 unspecified atom stereocenters. The molecule has 0 saturated heterocycles. The van der Waals surface area contributed by atoms with E-state index in [4.69, 9.17) is 16.6 Å². The Balaban J connectivity index is 1.87. The number of aliphatic hydroxyl groups excluding tert-OH is 1. The molecule has 0 bridgehead atoms. The minimum Gasteiger partial charge on any atom is -0.387 e. The molecule has 1 atom stereocenters. The second-order valence-corrected chi connectivity index (χ2v) is 9.95. The number of hydrogen-bond acceptors (Lipinski definition) is 3. The molecule has 184 valence electrons. The van der Waals surface area contributed by atoms with Gasteiger partial charge in [-0.15, -0.1) is 0 Å². The minimum atomic E-state index is -0.560. The van der Waals surface area contributed by atoms with Gasteiger partial charge in [0.25, 0.3) is 0 Å². The fraction of sp³-hybridized carbons (Fsp3) is 0.500. The lowest BCUT2D eigenvalue weighted by atomic mass is 9.98. The molecular weight excluding hydrogens is 440 g/mol. The van der Waals surface area contributed by atoms with E-state index in [9.17, 15) is 5.11 Å². The number of hydrogen-bond donors (Lipinski definition) is 1. The van der Waals surface area contributed by atoms with Crippen molar-refractivity contribution in [3.8, 4) is 11.3 Å². The maximum atomic E-state index is 11.5. The molecule has 0 amide bonds. The van der Waals surface area contributed by atoms with Gasteiger partial charge in [0, 0.05) is 22.5 Å². The van der Waals surface area contributed by atoms with Crippen LogP contribution >= 0.6 is 11.6 Å². The molecule has 0 fully saturated rings. The molecule has 3 rings (SSSR count). The zero-order valence-electron chi connectivity index (χ0n) is 21.2. The molecule has 3 aromatic rings. The second-order valence-electron chi connectivity index (χ2n) is 9.51. The van der Waals surface area contributed by atoms with Crippen LogP contribution in [0.1, 0.15) is 82.4 Å². The van der Waals surface area contributed by atoms with Gasteiger partial charge < -0.3 is 10.0 Å². The Bertz CT molecular complexity index is 1010. The van der Waals surface area contributed by atoms with Crippen molar-refractivity contribution in [1.82, 2.24) is 9.88 Å². The number of rotatable bonds is 14. The third kappa shape index (κ3) is 7.53. The van der Waals surface area contributed by atoms with Crippen LogP contribution in [0.2, 0.25) is 5.02 Å². The zero-order valence-corrected chi connectivity index (χ0v) is 21.9. The van der Waals surface area contributed by atoms with Gasteiger partial charge in [-0.1, -0.05) is 94.3 Å². The van der Waals surface area contributed by atoms with Crippen LogP contribution in [0, 0.1) is 6.92 Å². The van der Waals surface area contributed by atoms with Gasteiger partial charge in [0.2, 0.25) is 0 Å². The summed E-state index contributed by atoms with van der Waals surface area (Å²) in [7, 11) is 0. The number of aliphatic hydroxyl groups is 1. The van der Waals surface area contributed by atoms with E-state index in [0.29, 0.717) is 11.6 Å². The molecule has 1 N–H and O–H groups in total. The SMILES string of the molecule is CCCCCCN(CCCCCC)C[C@H](O)c1cc(-c2ccc(Cl)cc2)nc2c(C)cccc12. The fourth-order valence-electron chi connectivity index (χ4n) is 4.62. The molecule has 1 heterocycles. The normalized spacial score (nSPS) is 12.5. The number of para-hydroxylation sites is 1. The highest BCUT2D eigenvalue weighted by Gasteiger charge is 2.19. The average Bonchev–Trinajstić information content (AvgIpc) is 2.84. The van der Waals surface area contributed by atoms with E-state index < -0.39 is 6.10 Å². The summed E-state index contributed by atoms with van der Waals surface area (Å²) in [5.41, 5.74) is 4.94. The first kappa shape index (κ1) is 26.7. The molecule has 2 aromatic carbocycles. The standard InChI is InChI=1S/C30H41ClN2O/c1-4-6-8-10-19-33(20-11-9-7-5-2)22-29(34)27-21-28(24-15-17-25(31)18-16-24)32-30-23(3)13-12-14-26(27)30/h12-18,21,29,34H,4-11,19-20,22H2,1-3H3/t29-/m0/s1. The predicted octanol–water partition coefficient (Wildman–Crippen LogP) is 8.36. The average molecular weight is 481 g/mol. The monoisotopic (exact) mass is 480 g/mol. The van der Waals surface area contributed by atoms with E-state index in [1.54, 1.807) is 0 Å². The van der Waals surface area contributed by atoms with Crippen LogP contribution in [0.5, 0.6) is 0 Å². The Morgan fingerprint density at radius 1 is 0.882 bits per heavy atom. The van der Waals surface area contributed by atoms with Crippen molar-refractivity contribution < 1.29 is 5.11 Å². The summed E-state index contributed by atoms with van der Waals surface area (Å²) in [4.78, 5) is 7.44. The first-order valence-corrected chi connectivity index (χ1v) is 13.5. The van der Waals surface area contributed by atoms with Crippen molar-refractivity contribution in [2.75, 3.05) is 19.6 Å². The highest BCUT2D eigenvalue weighted by atomic mass is 35.5. The molecular formula is C30H41ClN2O. The number of pyridine rings is 1. The van der Waals surface area contributed by atoms with Gasteiger partial charge in [0.1, 0.15) is 0 Å². The third-order valence-corrected chi connectivity index (χ3v) is 6.91. The Hall–Kier alpha value is -1.94. The van der Waals surface area contributed by atoms with E-state index in [-0.39, 0.29) is 0 Å². The number of benzene rings is 2. The number of aryl methyl sites for hydroxylation is 1. The van der Waals surface area contributed by atoms with Gasteiger partial charge in [-0.25, -0.2) is 4.98 Å². The molecule has 0 aliphatic rings. The van der Waals surface area contributed by atoms with Crippen LogP contribution in [0.15, 0.2) is 48.5 Å². The van der Waals surface area contributed by atoms with Gasteiger partial charge in [-0.05, 0) is 62.2 Å². The van der Waals surface area contributed by atoms with Crippen LogP contribution in [-0.4, -0.2) is 34.6 Å². The van der Waals surface area contributed by atoms with E-state index in [2.05, 4.69) is 49.9 Å². The second kappa shape index (κ2) is 13.8. The number of aromatic nitrogens is 1. The van der Waals surface area contributed by atoms with Crippen LogP contribution in [0.25, 0.3) is 22.2 Å². The minimum absolute atomic E-state index is 0.560. The van der Waals surface area contributed by atoms with Crippen LogP contribution in [-0.2, 0) is 0 Å². The van der Waals surface area contributed by atoms with Crippen molar-refractivity contribution in [2.45, 2.75) is 78.2 Å². The van der Waals surface area contributed by atoms with Gasteiger partial charge >= 0.3 is 0 Å². The van der Waals surface area contributed by atoms with Crippen LogP contribution < -0.4 is 0 Å². The summed E-state index contributed by atoms with van der Waals surface area (Å²) < 4.78 is 0. The summed E-state index contributed by atoms with van der Waals surface area (Å²) in [6.07, 6.45) is 9.41. The molecule has 0 radical (unpaired) electrons. The van der Waals surface area contributed by atoms with E-state index in [1.165, 1.54) is 51.4 Å². The largest absolute Gasteiger partial charge is 0.387 e. The first-order chi connectivity index (χ1) is 16.5. The third-order valence-electron chi connectivity index (χ3n) is 6.66. The van der Waals surface area contributed by atoms with Crippen molar-refractivity contribution in [3.05, 3.63) is 64.7 Å². The topological polar surface area (TPSA) is 36.4 Å². The molecule has 0 aliphatic carbocycles.